The van der Waals surface area contributed by atoms with E-state index in [0.717, 1.165) is 22.3 Å². The van der Waals surface area contributed by atoms with Crippen molar-refractivity contribution in [2.45, 2.75) is 6.54 Å². The lowest BCUT2D eigenvalue weighted by molar-refractivity contribution is 0.511. The number of benzene rings is 2. The molecule has 118 valence electrons. The maximum atomic E-state index is 5.54. The maximum absolute atomic E-state index is 5.54. The first-order valence-corrected chi connectivity index (χ1v) is 7.55. The molecule has 4 aromatic rings. The van der Waals surface area contributed by atoms with E-state index in [4.69, 9.17) is 10.2 Å². The third-order valence-corrected chi connectivity index (χ3v) is 3.74. The van der Waals surface area contributed by atoms with Crippen molar-refractivity contribution in [2.75, 3.05) is 10.6 Å². The highest BCUT2D eigenvalue weighted by atomic mass is 16.4. The summed E-state index contributed by atoms with van der Waals surface area (Å²) in [5, 5.41) is 8.77. The number of pyridine rings is 1. The molecular formula is C18H15N5O. The molecule has 2 N–H and O–H groups in total. The Kier molecular flexibility index (Phi) is 3.55. The van der Waals surface area contributed by atoms with Crippen LogP contribution in [0.1, 0.15) is 5.89 Å². The summed E-state index contributed by atoms with van der Waals surface area (Å²) in [4.78, 5) is 6.46. The van der Waals surface area contributed by atoms with Gasteiger partial charge in [-0.2, -0.15) is 0 Å². The summed E-state index contributed by atoms with van der Waals surface area (Å²) in [6.45, 7) is 0.431. The Morgan fingerprint density at radius 2 is 1.79 bits per heavy atom. The topological polar surface area (TPSA) is 81.1 Å². The molecule has 0 saturated carbocycles. The molecule has 24 heavy (non-hydrogen) atoms. The van der Waals surface area contributed by atoms with Crippen LogP contribution in [0.4, 0.5) is 17.4 Å². The molecule has 6 nitrogen and oxygen atoms in total. The standard InChI is InChI=1S/C18H15N5O/c19-18-22-21-17(24-18)12-23(14-6-2-1-3-7-14)15-8-9-16-13(11-15)5-4-10-20-16/h1-11H,12H2,(H2,19,22). The van der Waals surface area contributed by atoms with Gasteiger partial charge in [0.15, 0.2) is 0 Å². The van der Waals surface area contributed by atoms with Gasteiger partial charge in [-0.3, -0.25) is 4.98 Å². The molecule has 0 aliphatic heterocycles. The lowest BCUT2D eigenvalue weighted by atomic mass is 10.1. The lowest BCUT2D eigenvalue weighted by Crippen LogP contribution is -2.16. The van der Waals surface area contributed by atoms with Crippen molar-refractivity contribution in [1.82, 2.24) is 15.2 Å². The monoisotopic (exact) mass is 317 g/mol. The predicted octanol–water partition coefficient (Wildman–Crippen LogP) is 3.54. The number of para-hydroxylation sites is 1. The molecule has 0 amide bonds. The van der Waals surface area contributed by atoms with Gasteiger partial charge in [0, 0.05) is 23.0 Å². The van der Waals surface area contributed by atoms with Crippen LogP contribution in [0, 0.1) is 0 Å². The molecule has 0 unspecified atom stereocenters. The zero-order chi connectivity index (χ0) is 16.4. The van der Waals surface area contributed by atoms with E-state index in [1.54, 1.807) is 6.20 Å². The molecular weight excluding hydrogens is 302 g/mol. The lowest BCUT2D eigenvalue weighted by Gasteiger charge is -2.23. The number of anilines is 3. The van der Waals surface area contributed by atoms with E-state index >= 15 is 0 Å². The minimum atomic E-state index is 0.0701. The van der Waals surface area contributed by atoms with Crippen molar-refractivity contribution in [3.63, 3.8) is 0 Å². The normalized spacial score (nSPS) is 10.8. The van der Waals surface area contributed by atoms with Crippen LogP contribution in [0.2, 0.25) is 0 Å². The summed E-state index contributed by atoms with van der Waals surface area (Å²) in [5.41, 5.74) is 8.53. The van der Waals surface area contributed by atoms with Crippen molar-refractivity contribution in [3.8, 4) is 0 Å². The second kappa shape index (κ2) is 6.00. The van der Waals surface area contributed by atoms with Gasteiger partial charge in [0.1, 0.15) is 6.54 Å². The molecule has 0 aliphatic carbocycles. The van der Waals surface area contributed by atoms with E-state index in [9.17, 15) is 0 Å². The molecule has 0 saturated heterocycles. The third kappa shape index (κ3) is 2.77. The molecule has 2 aromatic carbocycles. The second-order valence-corrected chi connectivity index (χ2v) is 5.34. The average molecular weight is 317 g/mol. The molecule has 4 rings (SSSR count). The first-order valence-electron chi connectivity index (χ1n) is 7.55. The number of hydrogen-bond donors (Lipinski definition) is 1. The Morgan fingerprint density at radius 1 is 0.917 bits per heavy atom. The van der Waals surface area contributed by atoms with Crippen LogP contribution in [-0.2, 0) is 6.54 Å². The Bertz CT molecular complexity index is 967. The molecule has 0 atom stereocenters. The zero-order valence-corrected chi connectivity index (χ0v) is 12.8. The van der Waals surface area contributed by atoms with Crippen molar-refractivity contribution < 1.29 is 4.42 Å². The van der Waals surface area contributed by atoms with Gasteiger partial charge in [0.25, 0.3) is 0 Å². The highest BCUT2D eigenvalue weighted by molar-refractivity contribution is 5.83. The van der Waals surface area contributed by atoms with Crippen LogP contribution in [-0.4, -0.2) is 15.2 Å². The number of hydrogen-bond acceptors (Lipinski definition) is 6. The van der Waals surface area contributed by atoms with Crippen LogP contribution in [0.15, 0.2) is 71.3 Å². The average Bonchev–Trinajstić information content (AvgIpc) is 3.05. The van der Waals surface area contributed by atoms with Gasteiger partial charge >= 0.3 is 6.01 Å². The second-order valence-electron chi connectivity index (χ2n) is 5.34. The highest BCUT2D eigenvalue weighted by Gasteiger charge is 2.14. The summed E-state index contributed by atoms with van der Waals surface area (Å²) in [7, 11) is 0. The van der Waals surface area contributed by atoms with Crippen LogP contribution in [0.5, 0.6) is 0 Å². The van der Waals surface area contributed by atoms with Crippen molar-refractivity contribution >= 4 is 28.3 Å². The molecule has 0 fully saturated rings. The van der Waals surface area contributed by atoms with E-state index in [-0.39, 0.29) is 6.01 Å². The van der Waals surface area contributed by atoms with Crippen molar-refractivity contribution in [2.24, 2.45) is 0 Å². The summed E-state index contributed by atoms with van der Waals surface area (Å²) in [6.07, 6.45) is 1.79. The summed E-state index contributed by atoms with van der Waals surface area (Å²) in [6, 6.07) is 20.2. The number of fused-ring (bicyclic) bond motifs is 1. The molecule has 2 aromatic heterocycles. The number of rotatable bonds is 4. The molecule has 0 aliphatic rings. The van der Waals surface area contributed by atoms with Gasteiger partial charge in [-0.1, -0.05) is 29.4 Å². The Labute approximate surface area is 138 Å². The molecule has 2 heterocycles. The maximum Gasteiger partial charge on any atom is 0.312 e. The molecule has 0 bridgehead atoms. The van der Waals surface area contributed by atoms with Crippen LogP contribution in [0.25, 0.3) is 10.9 Å². The fourth-order valence-corrected chi connectivity index (χ4v) is 2.64. The fraction of sp³-hybridized carbons (Fsp3) is 0.0556. The van der Waals surface area contributed by atoms with Crippen LogP contribution < -0.4 is 10.6 Å². The number of nitrogens with zero attached hydrogens (tertiary/aromatic N) is 4. The van der Waals surface area contributed by atoms with Gasteiger partial charge in [-0.25, -0.2) is 0 Å². The minimum Gasteiger partial charge on any atom is -0.406 e. The predicted molar refractivity (Wildman–Crippen MR) is 92.7 cm³/mol. The van der Waals surface area contributed by atoms with E-state index in [0.29, 0.717) is 12.4 Å². The van der Waals surface area contributed by atoms with Gasteiger partial charge in [0.2, 0.25) is 5.89 Å². The quantitative estimate of drug-likeness (QED) is 0.620. The largest absolute Gasteiger partial charge is 0.406 e. The Balaban J connectivity index is 1.78. The van der Waals surface area contributed by atoms with Crippen LogP contribution in [0.3, 0.4) is 0 Å². The molecule has 0 spiro atoms. The smallest absolute Gasteiger partial charge is 0.312 e. The Hall–Kier alpha value is -3.41. The van der Waals surface area contributed by atoms with Gasteiger partial charge in [0.05, 0.1) is 5.52 Å². The number of nitrogens with two attached hydrogens (primary N) is 1. The molecule has 0 radical (unpaired) electrons. The van der Waals surface area contributed by atoms with Crippen LogP contribution >= 0.6 is 0 Å². The highest BCUT2D eigenvalue weighted by Crippen LogP contribution is 2.29. The van der Waals surface area contributed by atoms with Gasteiger partial charge in [-0.05, 0) is 36.4 Å². The van der Waals surface area contributed by atoms with Crippen molar-refractivity contribution in [3.05, 3.63) is 72.8 Å². The SMILES string of the molecule is Nc1nnc(CN(c2ccccc2)c2ccc3ncccc3c2)o1. The first-order chi connectivity index (χ1) is 11.8. The summed E-state index contributed by atoms with van der Waals surface area (Å²) >= 11 is 0. The molecule has 6 heteroatoms. The summed E-state index contributed by atoms with van der Waals surface area (Å²) in [5.74, 6) is 0.461. The number of aromatic nitrogens is 3. The fourth-order valence-electron chi connectivity index (χ4n) is 2.64. The third-order valence-electron chi connectivity index (χ3n) is 3.74. The van der Waals surface area contributed by atoms with E-state index in [2.05, 4.69) is 26.1 Å². The number of nitrogen functional groups attached to an aromatic ring is 1. The zero-order valence-electron chi connectivity index (χ0n) is 12.8. The van der Waals surface area contributed by atoms with E-state index < -0.39 is 0 Å². The van der Waals surface area contributed by atoms with Crippen molar-refractivity contribution in [1.29, 1.82) is 0 Å². The summed E-state index contributed by atoms with van der Waals surface area (Å²) < 4.78 is 5.35. The van der Waals surface area contributed by atoms with Gasteiger partial charge in [-0.15, -0.1) is 5.10 Å². The van der Waals surface area contributed by atoms with E-state index in [1.807, 2.05) is 54.6 Å². The Morgan fingerprint density at radius 3 is 2.58 bits per heavy atom. The first kappa shape index (κ1) is 14.2. The minimum absolute atomic E-state index is 0.0701. The van der Waals surface area contributed by atoms with Gasteiger partial charge < -0.3 is 15.1 Å². The van der Waals surface area contributed by atoms with E-state index in [1.165, 1.54) is 0 Å².